The highest BCUT2D eigenvalue weighted by molar-refractivity contribution is 7.13. The first-order valence-electron chi connectivity index (χ1n) is 4.93. The van der Waals surface area contributed by atoms with E-state index in [1.165, 1.54) is 43.4 Å². The van der Waals surface area contributed by atoms with Crippen molar-refractivity contribution >= 4 is 11.3 Å². The molecule has 1 aliphatic carbocycles. The van der Waals surface area contributed by atoms with Crippen molar-refractivity contribution in [3.8, 4) is 5.06 Å². The Hall–Kier alpha value is -0.570. The third kappa shape index (κ3) is 1.85. The van der Waals surface area contributed by atoms with Crippen LogP contribution in [0.4, 0.5) is 0 Å². The molecule has 3 heteroatoms. The minimum Gasteiger partial charge on any atom is -0.498 e. The van der Waals surface area contributed by atoms with E-state index in [4.69, 9.17) is 0 Å². The molecule has 1 saturated carbocycles. The van der Waals surface area contributed by atoms with Crippen molar-refractivity contribution in [1.82, 2.24) is 4.98 Å². The number of aromatic hydroxyl groups is 1. The molecular formula is C10H15NOS. The van der Waals surface area contributed by atoms with Crippen molar-refractivity contribution in [3.05, 3.63) is 10.7 Å². The number of aryl methyl sites for hydroxylation is 1. The molecule has 0 amide bonds. The summed E-state index contributed by atoms with van der Waals surface area (Å²) >= 11 is 1.47. The third-order valence-corrected chi connectivity index (χ3v) is 3.87. The molecule has 0 radical (unpaired) electrons. The van der Waals surface area contributed by atoms with Crippen LogP contribution in [0.25, 0.3) is 0 Å². The highest BCUT2D eigenvalue weighted by Gasteiger charge is 2.19. The first-order chi connectivity index (χ1) is 6.27. The van der Waals surface area contributed by atoms with Gasteiger partial charge in [0.1, 0.15) is 0 Å². The summed E-state index contributed by atoms with van der Waals surface area (Å²) in [6.45, 7) is 1.87. The lowest BCUT2D eigenvalue weighted by Gasteiger charge is -2.18. The average Bonchev–Trinajstić information content (AvgIpc) is 2.49. The van der Waals surface area contributed by atoms with Gasteiger partial charge in [-0.3, -0.25) is 0 Å². The Morgan fingerprint density at radius 2 is 2.00 bits per heavy atom. The molecule has 72 valence electrons. The Bertz CT molecular complexity index is 270. The fourth-order valence-electron chi connectivity index (χ4n) is 1.93. The summed E-state index contributed by atoms with van der Waals surface area (Å²) in [5, 5.41) is 11.0. The van der Waals surface area contributed by atoms with E-state index in [1.807, 2.05) is 6.92 Å². The molecule has 0 bridgehead atoms. The molecular weight excluding hydrogens is 182 g/mol. The van der Waals surface area contributed by atoms with Crippen molar-refractivity contribution in [2.45, 2.75) is 44.9 Å². The largest absolute Gasteiger partial charge is 0.498 e. The molecule has 1 heterocycles. The van der Waals surface area contributed by atoms with Gasteiger partial charge in [-0.25, -0.2) is 4.98 Å². The van der Waals surface area contributed by atoms with E-state index in [1.54, 1.807) is 0 Å². The molecule has 0 spiro atoms. The van der Waals surface area contributed by atoms with Crippen LogP contribution in [0, 0.1) is 6.92 Å². The fourth-order valence-corrected chi connectivity index (χ4v) is 2.91. The van der Waals surface area contributed by atoms with E-state index in [0.29, 0.717) is 11.0 Å². The molecule has 1 N–H and O–H groups in total. The maximum absolute atomic E-state index is 9.43. The van der Waals surface area contributed by atoms with Crippen LogP contribution < -0.4 is 0 Å². The lowest BCUT2D eigenvalue weighted by atomic mass is 9.90. The molecule has 0 unspecified atom stereocenters. The zero-order chi connectivity index (χ0) is 9.26. The molecule has 0 saturated heterocycles. The van der Waals surface area contributed by atoms with Gasteiger partial charge in [0, 0.05) is 5.92 Å². The standard InChI is InChI=1S/C10H15NOS/c1-7-10(12)13-9(11-7)8-5-3-2-4-6-8/h8,12H,2-6H2,1H3. The lowest BCUT2D eigenvalue weighted by Crippen LogP contribution is -2.03. The van der Waals surface area contributed by atoms with Gasteiger partial charge in [-0.2, -0.15) is 0 Å². The van der Waals surface area contributed by atoms with Crippen molar-refractivity contribution in [2.24, 2.45) is 0 Å². The maximum Gasteiger partial charge on any atom is 0.194 e. The lowest BCUT2D eigenvalue weighted by molar-refractivity contribution is 0.442. The van der Waals surface area contributed by atoms with Gasteiger partial charge in [-0.05, 0) is 19.8 Å². The second kappa shape index (κ2) is 3.66. The van der Waals surface area contributed by atoms with Crippen LogP contribution in [0.5, 0.6) is 5.06 Å². The van der Waals surface area contributed by atoms with Crippen LogP contribution in [0.3, 0.4) is 0 Å². The quantitative estimate of drug-likeness (QED) is 0.750. The molecule has 2 rings (SSSR count). The highest BCUT2D eigenvalue weighted by Crippen LogP contribution is 2.37. The minimum absolute atomic E-state index is 0.403. The van der Waals surface area contributed by atoms with Gasteiger partial charge < -0.3 is 5.11 Å². The monoisotopic (exact) mass is 197 g/mol. The SMILES string of the molecule is Cc1nc(C2CCCCC2)sc1O. The van der Waals surface area contributed by atoms with Crippen LogP contribution in [0.15, 0.2) is 0 Å². The highest BCUT2D eigenvalue weighted by atomic mass is 32.1. The van der Waals surface area contributed by atoms with E-state index in [-0.39, 0.29) is 0 Å². The Balaban J connectivity index is 2.14. The van der Waals surface area contributed by atoms with Crippen LogP contribution in [0.2, 0.25) is 0 Å². The summed E-state index contributed by atoms with van der Waals surface area (Å²) in [6, 6.07) is 0. The van der Waals surface area contributed by atoms with Crippen molar-refractivity contribution in [2.75, 3.05) is 0 Å². The topological polar surface area (TPSA) is 33.1 Å². The molecule has 1 aliphatic rings. The summed E-state index contributed by atoms with van der Waals surface area (Å²) in [5.41, 5.74) is 0.797. The Morgan fingerprint density at radius 1 is 1.31 bits per heavy atom. The summed E-state index contributed by atoms with van der Waals surface area (Å²) in [7, 11) is 0. The predicted octanol–water partition coefficient (Wildman–Crippen LogP) is 3.20. The van der Waals surface area contributed by atoms with E-state index >= 15 is 0 Å². The predicted molar refractivity (Wildman–Crippen MR) is 54.3 cm³/mol. The van der Waals surface area contributed by atoms with E-state index in [0.717, 1.165) is 10.7 Å². The average molecular weight is 197 g/mol. The Morgan fingerprint density at radius 3 is 2.54 bits per heavy atom. The van der Waals surface area contributed by atoms with Crippen LogP contribution >= 0.6 is 11.3 Å². The van der Waals surface area contributed by atoms with Gasteiger partial charge in [0.05, 0.1) is 10.7 Å². The fraction of sp³-hybridized carbons (Fsp3) is 0.700. The second-order valence-corrected chi connectivity index (χ2v) is 4.79. The van der Waals surface area contributed by atoms with E-state index in [2.05, 4.69) is 4.98 Å². The number of thiazole rings is 1. The first-order valence-corrected chi connectivity index (χ1v) is 5.75. The maximum atomic E-state index is 9.43. The van der Waals surface area contributed by atoms with Gasteiger partial charge >= 0.3 is 0 Å². The van der Waals surface area contributed by atoms with Crippen molar-refractivity contribution in [3.63, 3.8) is 0 Å². The number of rotatable bonds is 1. The molecule has 0 aromatic carbocycles. The van der Waals surface area contributed by atoms with Gasteiger partial charge in [-0.15, -0.1) is 0 Å². The summed E-state index contributed by atoms with van der Waals surface area (Å²) < 4.78 is 0. The first kappa shape index (κ1) is 9.00. The smallest absolute Gasteiger partial charge is 0.194 e. The van der Waals surface area contributed by atoms with Crippen molar-refractivity contribution in [1.29, 1.82) is 0 Å². The van der Waals surface area contributed by atoms with Gasteiger partial charge in [0.15, 0.2) is 5.06 Å². The van der Waals surface area contributed by atoms with E-state index in [9.17, 15) is 5.11 Å². The molecule has 0 aliphatic heterocycles. The Kier molecular flexibility index (Phi) is 2.54. The number of hydrogen-bond donors (Lipinski definition) is 1. The second-order valence-electron chi connectivity index (χ2n) is 3.78. The third-order valence-electron chi connectivity index (χ3n) is 2.74. The molecule has 2 nitrogen and oxygen atoms in total. The van der Waals surface area contributed by atoms with Gasteiger partial charge in [-0.1, -0.05) is 30.6 Å². The number of hydrogen-bond acceptors (Lipinski definition) is 3. The number of nitrogens with zero attached hydrogens (tertiary/aromatic N) is 1. The van der Waals surface area contributed by atoms with Gasteiger partial charge in [0.25, 0.3) is 0 Å². The zero-order valence-electron chi connectivity index (χ0n) is 7.92. The van der Waals surface area contributed by atoms with Crippen LogP contribution in [0.1, 0.15) is 48.7 Å². The summed E-state index contributed by atoms with van der Waals surface area (Å²) in [5.74, 6) is 0.623. The number of aromatic nitrogens is 1. The zero-order valence-corrected chi connectivity index (χ0v) is 8.73. The Labute approximate surface area is 82.6 Å². The molecule has 1 aromatic rings. The normalized spacial score (nSPS) is 19.2. The summed E-state index contributed by atoms with van der Waals surface area (Å²) in [6.07, 6.45) is 6.53. The van der Waals surface area contributed by atoms with Crippen LogP contribution in [-0.2, 0) is 0 Å². The molecule has 1 aromatic heterocycles. The minimum atomic E-state index is 0.403. The van der Waals surface area contributed by atoms with Gasteiger partial charge in [0.2, 0.25) is 0 Å². The van der Waals surface area contributed by atoms with Crippen LogP contribution in [-0.4, -0.2) is 10.1 Å². The van der Waals surface area contributed by atoms with E-state index < -0.39 is 0 Å². The van der Waals surface area contributed by atoms with Crippen molar-refractivity contribution < 1.29 is 5.11 Å². The molecule has 1 fully saturated rings. The molecule has 0 atom stereocenters. The molecule has 13 heavy (non-hydrogen) atoms. The summed E-state index contributed by atoms with van der Waals surface area (Å²) in [4.78, 5) is 4.40.